The number of aliphatic imine (C=N–C) groups is 1. The molecule has 0 aromatic carbocycles. The van der Waals surface area contributed by atoms with Gasteiger partial charge in [-0.1, -0.05) is 6.42 Å². The Kier molecular flexibility index (Phi) is 11.1. The van der Waals surface area contributed by atoms with Gasteiger partial charge in [-0.05, 0) is 38.0 Å². The minimum atomic E-state index is 0. The van der Waals surface area contributed by atoms with E-state index in [2.05, 4.69) is 30.4 Å². The predicted molar refractivity (Wildman–Crippen MR) is 120 cm³/mol. The normalized spacial score (nSPS) is 18.1. The Labute approximate surface area is 185 Å². The van der Waals surface area contributed by atoms with Crippen molar-refractivity contribution in [1.82, 2.24) is 25.4 Å². The second kappa shape index (κ2) is 13.3. The Hall–Kier alpha value is -0.940. The minimum absolute atomic E-state index is 0. The van der Waals surface area contributed by atoms with Crippen molar-refractivity contribution in [2.24, 2.45) is 10.9 Å². The van der Waals surface area contributed by atoms with Crippen LogP contribution in [0.1, 0.15) is 50.2 Å². The summed E-state index contributed by atoms with van der Waals surface area (Å²) in [6.07, 6.45) is 7.95. The number of nitrogens with zero attached hydrogens (tertiary/aromatic N) is 4. The van der Waals surface area contributed by atoms with Crippen LogP contribution in [0.5, 0.6) is 0 Å². The van der Waals surface area contributed by atoms with Crippen LogP contribution < -0.4 is 10.6 Å². The first-order valence-electron chi connectivity index (χ1n) is 10.4. The molecule has 0 spiro atoms. The van der Waals surface area contributed by atoms with Crippen molar-refractivity contribution in [2.45, 2.75) is 58.0 Å². The molecule has 28 heavy (non-hydrogen) atoms. The molecule has 0 aliphatic carbocycles. The second-order valence-electron chi connectivity index (χ2n) is 7.33. The zero-order valence-electron chi connectivity index (χ0n) is 17.0. The van der Waals surface area contributed by atoms with E-state index in [9.17, 15) is 0 Å². The first kappa shape index (κ1) is 23.3. The zero-order valence-corrected chi connectivity index (χ0v) is 19.3. The van der Waals surface area contributed by atoms with Crippen molar-refractivity contribution in [2.75, 3.05) is 40.0 Å². The first-order chi connectivity index (χ1) is 13.4. The number of ether oxygens (including phenoxy) is 2. The molecule has 0 saturated carbocycles. The Morgan fingerprint density at radius 3 is 2.89 bits per heavy atom. The molecule has 0 amide bonds. The largest absolute Gasteiger partial charge is 0.381 e. The molecule has 0 bridgehead atoms. The molecule has 3 heterocycles. The molecule has 2 N–H and O–H groups in total. The number of rotatable bonds is 8. The lowest BCUT2D eigenvalue weighted by molar-refractivity contribution is 0.0203. The van der Waals surface area contributed by atoms with Gasteiger partial charge in [0.15, 0.2) is 11.8 Å². The minimum Gasteiger partial charge on any atom is -0.381 e. The number of halogens is 1. The van der Waals surface area contributed by atoms with Gasteiger partial charge in [0.25, 0.3) is 0 Å². The number of aromatic nitrogens is 3. The lowest BCUT2D eigenvalue weighted by Crippen LogP contribution is -2.38. The maximum atomic E-state index is 5.80. The molecule has 3 rings (SSSR count). The number of nitrogens with one attached hydrogen (secondary N) is 2. The number of guanidine groups is 1. The van der Waals surface area contributed by atoms with E-state index in [4.69, 9.17) is 9.47 Å². The van der Waals surface area contributed by atoms with Crippen LogP contribution in [0.25, 0.3) is 0 Å². The quantitative estimate of drug-likeness (QED) is 0.243. The molecule has 9 heteroatoms. The van der Waals surface area contributed by atoms with Crippen molar-refractivity contribution in [1.29, 1.82) is 0 Å². The maximum absolute atomic E-state index is 5.80. The van der Waals surface area contributed by atoms with E-state index < -0.39 is 0 Å². The van der Waals surface area contributed by atoms with Crippen LogP contribution >= 0.6 is 24.0 Å². The molecule has 160 valence electrons. The molecular weight excluding hydrogens is 471 g/mol. The molecule has 1 saturated heterocycles. The highest BCUT2D eigenvalue weighted by atomic mass is 127. The number of fused-ring (bicyclic) bond motifs is 1. The number of aryl methyl sites for hydroxylation is 1. The van der Waals surface area contributed by atoms with Crippen LogP contribution in [0.4, 0.5) is 0 Å². The summed E-state index contributed by atoms with van der Waals surface area (Å²) < 4.78 is 13.4. The van der Waals surface area contributed by atoms with Gasteiger partial charge in [0, 0.05) is 53.0 Å². The van der Waals surface area contributed by atoms with Crippen LogP contribution in [-0.2, 0) is 29.0 Å². The van der Waals surface area contributed by atoms with E-state index in [-0.39, 0.29) is 24.0 Å². The van der Waals surface area contributed by atoms with Gasteiger partial charge in [-0.25, -0.2) is 0 Å². The molecule has 1 aromatic rings. The summed E-state index contributed by atoms with van der Waals surface area (Å²) in [5.74, 6) is 3.58. The fourth-order valence-corrected chi connectivity index (χ4v) is 3.60. The monoisotopic (exact) mass is 506 g/mol. The van der Waals surface area contributed by atoms with E-state index in [1.165, 1.54) is 19.3 Å². The van der Waals surface area contributed by atoms with Gasteiger partial charge in [-0.3, -0.25) is 4.99 Å². The topological polar surface area (TPSA) is 85.6 Å². The van der Waals surface area contributed by atoms with Crippen molar-refractivity contribution >= 4 is 29.9 Å². The molecule has 0 atom stereocenters. The maximum Gasteiger partial charge on any atom is 0.191 e. The molecule has 0 unspecified atom stereocenters. The zero-order chi connectivity index (χ0) is 18.7. The fourth-order valence-electron chi connectivity index (χ4n) is 3.60. The van der Waals surface area contributed by atoms with Crippen LogP contribution in [0.15, 0.2) is 4.99 Å². The molecule has 8 nitrogen and oxygen atoms in total. The van der Waals surface area contributed by atoms with Gasteiger partial charge in [-0.2, -0.15) is 0 Å². The average Bonchev–Trinajstić information content (AvgIpc) is 2.94. The highest BCUT2D eigenvalue weighted by Gasteiger charge is 2.15. The second-order valence-corrected chi connectivity index (χ2v) is 7.33. The molecular formula is C19H35IN6O2. The highest BCUT2D eigenvalue weighted by molar-refractivity contribution is 14.0. The van der Waals surface area contributed by atoms with Gasteiger partial charge >= 0.3 is 0 Å². The van der Waals surface area contributed by atoms with Crippen molar-refractivity contribution in [3.63, 3.8) is 0 Å². The van der Waals surface area contributed by atoms with Gasteiger partial charge in [0.05, 0.1) is 6.54 Å². The van der Waals surface area contributed by atoms with Crippen LogP contribution in [0.2, 0.25) is 0 Å². The lowest BCUT2D eigenvalue weighted by Gasteiger charge is -2.21. The summed E-state index contributed by atoms with van der Waals surface area (Å²) in [5.41, 5.74) is 0. The Morgan fingerprint density at radius 1 is 1.21 bits per heavy atom. The van der Waals surface area contributed by atoms with E-state index in [0.29, 0.717) is 12.5 Å². The van der Waals surface area contributed by atoms with Crippen LogP contribution in [0, 0.1) is 5.92 Å². The number of hydrogen-bond donors (Lipinski definition) is 2. The van der Waals surface area contributed by atoms with Crippen molar-refractivity contribution < 1.29 is 9.47 Å². The summed E-state index contributed by atoms with van der Waals surface area (Å²) in [4.78, 5) is 4.29. The summed E-state index contributed by atoms with van der Waals surface area (Å²) in [6, 6.07) is 0. The van der Waals surface area contributed by atoms with Crippen LogP contribution in [-0.4, -0.2) is 60.7 Å². The molecule has 1 aromatic heterocycles. The highest BCUT2D eigenvalue weighted by Crippen LogP contribution is 2.15. The average molecular weight is 506 g/mol. The first-order valence-corrected chi connectivity index (χ1v) is 10.4. The Bertz CT molecular complexity index is 589. The van der Waals surface area contributed by atoms with E-state index in [0.717, 1.165) is 82.8 Å². The summed E-state index contributed by atoms with van der Waals surface area (Å²) >= 11 is 0. The molecule has 2 aliphatic heterocycles. The van der Waals surface area contributed by atoms with E-state index in [1.807, 2.05) is 0 Å². The van der Waals surface area contributed by atoms with Gasteiger partial charge in [0.2, 0.25) is 0 Å². The van der Waals surface area contributed by atoms with Gasteiger partial charge in [0.1, 0.15) is 5.82 Å². The number of hydrogen-bond acceptors (Lipinski definition) is 5. The summed E-state index contributed by atoms with van der Waals surface area (Å²) in [6.45, 7) is 5.90. The standard InChI is InChI=1S/C19H34N6O2.HI/c1-20-19(21-9-5-11-27-15-16-7-12-26-13-8-16)22-14-18-24-23-17-6-3-2-4-10-25(17)18;/h16H,2-15H2,1H3,(H2,20,21,22);1H. The molecule has 0 radical (unpaired) electrons. The fraction of sp³-hybridized carbons (Fsp3) is 0.842. The Balaban J connectivity index is 0.00000280. The van der Waals surface area contributed by atoms with E-state index >= 15 is 0 Å². The lowest BCUT2D eigenvalue weighted by atomic mass is 10.0. The van der Waals surface area contributed by atoms with E-state index in [1.54, 1.807) is 7.05 Å². The molecule has 1 fully saturated rings. The third-order valence-electron chi connectivity index (χ3n) is 5.28. The third kappa shape index (κ3) is 7.47. The van der Waals surface area contributed by atoms with Gasteiger partial charge in [-0.15, -0.1) is 34.2 Å². The molecule has 2 aliphatic rings. The smallest absolute Gasteiger partial charge is 0.191 e. The SMILES string of the molecule is CN=C(NCCCOCC1CCOCC1)NCc1nnc2n1CCCCC2.I. The summed E-state index contributed by atoms with van der Waals surface area (Å²) in [5, 5.41) is 15.4. The summed E-state index contributed by atoms with van der Waals surface area (Å²) in [7, 11) is 1.79. The van der Waals surface area contributed by atoms with Crippen molar-refractivity contribution in [3.8, 4) is 0 Å². The van der Waals surface area contributed by atoms with Crippen LogP contribution in [0.3, 0.4) is 0 Å². The predicted octanol–water partition coefficient (Wildman–Crippen LogP) is 2.12. The van der Waals surface area contributed by atoms with Crippen molar-refractivity contribution in [3.05, 3.63) is 11.6 Å². The third-order valence-corrected chi connectivity index (χ3v) is 5.28. The Morgan fingerprint density at radius 2 is 2.07 bits per heavy atom. The van der Waals surface area contributed by atoms with Gasteiger partial charge < -0.3 is 24.7 Å².